The van der Waals surface area contributed by atoms with Crippen LogP contribution in [0.4, 0.5) is 0 Å². The molecule has 50 heavy (non-hydrogen) atoms. The van der Waals surface area contributed by atoms with E-state index in [0.29, 0.717) is 59.8 Å². The molecule has 2 aliphatic heterocycles. The van der Waals surface area contributed by atoms with Gasteiger partial charge in [0.05, 0.1) is 34.1 Å². The van der Waals surface area contributed by atoms with E-state index in [9.17, 15) is 9.59 Å². The van der Waals surface area contributed by atoms with E-state index in [2.05, 4.69) is 27.3 Å². The standard InChI is InChI=1S/C38H37Cl2N7O3/c1-50-38-23(18-42-21-26-10-13-35(49)46-26)8-11-31(47-38)29-6-2-4-27(36(29)39)28-5-3-7-30(37(28)40)33-15-32-24(19-44-33)14-22(17-43-32)16-41-20-25-9-12-34(48)45-25/h2-8,11,14-15,17,19,25-26,41-42H,9-10,12-13,16,18,20-21H2,1H3,(H,45,48)(H,46,49)/t25-,26+/m0/s1. The van der Waals surface area contributed by atoms with E-state index < -0.39 is 0 Å². The largest absolute Gasteiger partial charge is 0.481 e. The van der Waals surface area contributed by atoms with Crippen molar-refractivity contribution in [2.24, 2.45) is 0 Å². The summed E-state index contributed by atoms with van der Waals surface area (Å²) >= 11 is 14.2. The monoisotopic (exact) mass is 709 g/mol. The second-order valence-electron chi connectivity index (χ2n) is 12.7. The molecule has 2 amide bonds. The topological polar surface area (TPSA) is 130 Å². The van der Waals surface area contributed by atoms with Gasteiger partial charge in [0.15, 0.2) is 0 Å². The average Bonchev–Trinajstić information content (AvgIpc) is 3.75. The van der Waals surface area contributed by atoms with Crippen molar-refractivity contribution in [1.82, 2.24) is 36.2 Å². The number of amides is 2. The zero-order valence-electron chi connectivity index (χ0n) is 27.6. The molecule has 0 aliphatic carbocycles. The summed E-state index contributed by atoms with van der Waals surface area (Å²) in [7, 11) is 1.60. The lowest BCUT2D eigenvalue weighted by atomic mass is 9.98. The molecule has 10 nitrogen and oxygen atoms in total. The quantitative estimate of drug-likeness (QED) is 0.123. The number of ether oxygens (including phenoxy) is 1. The fraction of sp³-hybridized carbons (Fsp3) is 0.289. The second kappa shape index (κ2) is 15.1. The number of methoxy groups -OCH3 is 1. The van der Waals surface area contributed by atoms with Crippen LogP contribution < -0.4 is 26.0 Å². The van der Waals surface area contributed by atoms with Gasteiger partial charge in [-0.1, -0.05) is 65.7 Å². The van der Waals surface area contributed by atoms with Crippen molar-refractivity contribution in [2.75, 3.05) is 20.2 Å². The number of benzene rings is 2. The Morgan fingerprint density at radius 2 is 1.38 bits per heavy atom. The van der Waals surface area contributed by atoms with Gasteiger partial charge in [-0.3, -0.25) is 19.6 Å². The van der Waals surface area contributed by atoms with Crippen LogP contribution in [0.3, 0.4) is 0 Å². The maximum Gasteiger partial charge on any atom is 0.220 e. The van der Waals surface area contributed by atoms with Gasteiger partial charge >= 0.3 is 0 Å². The molecule has 2 aliphatic rings. The summed E-state index contributed by atoms with van der Waals surface area (Å²) < 4.78 is 5.65. The number of hydrogen-bond donors (Lipinski definition) is 4. The van der Waals surface area contributed by atoms with Crippen LogP contribution in [0.15, 0.2) is 73.1 Å². The minimum absolute atomic E-state index is 0.0999. The lowest BCUT2D eigenvalue weighted by Gasteiger charge is -2.15. The minimum atomic E-state index is 0.0999. The molecule has 256 valence electrons. The summed E-state index contributed by atoms with van der Waals surface area (Å²) in [5.41, 5.74) is 7.22. The Morgan fingerprint density at radius 1 is 0.760 bits per heavy atom. The summed E-state index contributed by atoms with van der Waals surface area (Å²) in [5, 5.41) is 14.7. The van der Waals surface area contributed by atoms with Crippen LogP contribution in [-0.4, -0.2) is 59.0 Å². The van der Waals surface area contributed by atoms with Gasteiger partial charge in [-0.25, -0.2) is 4.98 Å². The third-order valence-electron chi connectivity index (χ3n) is 9.19. The Kier molecular flexibility index (Phi) is 10.2. The van der Waals surface area contributed by atoms with Crippen molar-refractivity contribution < 1.29 is 14.3 Å². The number of aromatic nitrogens is 3. The molecular formula is C38H37Cl2N7O3. The second-order valence-corrected chi connectivity index (χ2v) is 13.4. The molecule has 0 saturated carbocycles. The molecule has 4 N–H and O–H groups in total. The van der Waals surface area contributed by atoms with Crippen LogP contribution in [0.2, 0.25) is 10.0 Å². The number of hydrogen-bond acceptors (Lipinski definition) is 8. The molecule has 2 fully saturated rings. The van der Waals surface area contributed by atoms with Gasteiger partial charge in [0, 0.05) is 96.7 Å². The van der Waals surface area contributed by atoms with Crippen LogP contribution >= 0.6 is 23.2 Å². The van der Waals surface area contributed by atoms with Gasteiger partial charge in [0.1, 0.15) is 0 Å². The number of carbonyl (C=O) groups is 2. The van der Waals surface area contributed by atoms with Crippen molar-refractivity contribution in [1.29, 1.82) is 0 Å². The summed E-state index contributed by atoms with van der Waals surface area (Å²) in [5.74, 6) is 0.722. The van der Waals surface area contributed by atoms with Gasteiger partial charge in [-0.2, -0.15) is 0 Å². The molecule has 0 unspecified atom stereocenters. The van der Waals surface area contributed by atoms with Gasteiger partial charge in [0.25, 0.3) is 0 Å². The maximum atomic E-state index is 11.5. The molecule has 0 spiro atoms. The Labute approximate surface area is 300 Å². The van der Waals surface area contributed by atoms with Crippen LogP contribution in [-0.2, 0) is 22.7 Å². The lowest BCUT2D eigenvalue weighted by molar-refractivity contribution is -0.120. The fourth-order valence-electron chi connectivity index (χ4n) is 6.55. The molecule has 12 heteroatoms. The van der Waals surface area contributed by atoms with Crippen molar-refractivity contribution in [3.63, 3.8) is 0 Å². The maximum absolute atomic E-state index is 11.5. The van der Waals surface area contributed by atoms with Crippen molar-refractivity contribution in [2.45, 2.75) is 50.9 Å². The van der Waals surface area contributed by atoms with E-state index >= 15 is 0 Å². The number of carbonyl (C=O) groups excluding carboxylic acids is 2. The summed E-state index contributed by atoms with van der Waals surface area (Å²) in [6.07, 6.45) is 6.54. The molecule has 5 aromatic rings. The van der Waals surface area contributed by atoms with E-state index in [0.717, 1.165) is 63.7 Å². The first-order valence-electron chi connectivity index (χ1n) is 16.7. The number of pyridine rings is 3. The Bertz CT molecular complexity index is 2070. The van der Waals surface area contributed by atoms with Gasteiger partial charge in [-0.15, -0.1) is 0 Å². The van der Waals surface area contributed by atoms with E-state index in [1.807, 2.05) is 67.0 Å². The van der Waals surface area contributed by atoms with Gasteiger partial charge in [0.2, 0.25) is 17.7 Å². The predicted molar refractivity (Wildman–Crippen MR) is 196 cm³/mol. The average molecular weight is 711 g/mol. The Hall–Kier alpha value is -4.61. The molecule has 2 aromatic carbocycles. The highest BCUT2D eigenvalue weighted by molar-refractivity contribution is 6.39. The van der Waals surface area contributed by atoms with E-state index in [1.165, 1.54) is 0 Å². The smallest absolute Gasteiger partial charge is 0.220 e. The van der Waals surface area contributed by atoms with E-state index in [4.69, 9.17) is 42.9 Å². The number of nitrogens with one attached hydrogen (secondary N) is 4. The summed E-state index contributed by atoms with van der Waals surface area (Å²) in [6, 6.07) is 19.9. The van der Waals surface area contributed by atoms with Crippen molar-refractivity contribution in [3.05, 3.63) is 94.2 Å². The first-order valence-corrected chi connectivity index (χ1v) is 17.5. The molecule has 3 aromatic heterocycles. The zero-order chi connectivity index (χ0) is 34.6. The lowest BCUT2D eigenvalue weighted by Crippen LogP contribution is -2.35. The highest BCUT2D eigenvalue weighted by atomic mass is 35.5. The molecule has 0 bridgehead atoms. The minimum Gasteiger partial charge on any atom is -0.481 e. The van der Waals surface area contributed by atoms with E-state index in [-0.39, 0.29) is 23.9 Å². The molecule has 2 saturated heterocycles. The number of nitrogens with zero attached hydrogens (tertiary/aromatic N) is 3. The normalized spacial score (nSPS) is 17.3. The molecular weight excluding hydrogens is 673 g/mol. The van der Waals surface area contributed by atoms with Crippen LogP contribution in [0.1, 0.15) is 36.8 Å². The number of fused-ring (bicyclic) bond motifs is 1. The number of halogens is 2. The first-order chi connectivity index (χ1) is 24.4. The molecule has 2 atom stereocenters. The van der Waals surface area contributed by atoms with Crippen LogP contribution in [0, 0.1) is 0 Å². The molecule has 0 radical (unpaired) electrons. The fourth-order valence-corrected chi connectivity index (χ4v) is 7.20. The highest BCUT2D eigenvalue weighted by Crippen LogP contribution is 2.42. The van der Waals surface area contributed by atoms with Gasteiger partial charge < -0.3 is 26.0 Å². The molecule has 5 heterocycles. The highest BCUT2D eigenvalue weighted by Gasteiger charge is 2.22. The van der Waals surface area contributed by atoms with Crippen molar-refractivity contribution in [3.8, 4) is 39.5 Å². The Balaban J connectivity index is 1.08. The third-order valence-corrected chi connectivity index (χ3v) is 10.0. The third kappa shape index (κ3) is 7.44. The van der Waals surface area contributed by atoms with Crippen LogP contribution in [0.25, 0.3) is 44.5 Å². The Morgan fingerprint density at radius 3 is 2.00 bits per heavy atom. The summed E-state index contributed by atoms with van der Waals surface area (Å²) in [4.78, 5) is 37.2. The number of rotatable bonds is 12. The summed E-state index contributed by atoms with van der Waals surface area (Å²) in [6.45, 7) is 2.61. The van der Waals surface area contributed by atoms with E-state index in [1.54, 1.807) is 7.11 Å². The predicted octanol–water partition coefficient (Wildman–Crippen LogP) is 6.08. The zero-order valence-corrected chi connectivity index (χ0v) is 29.1. The SMILES string of the molecule is COc1nc(-c2cccc(-c3cccc(-c4cc5ncc(CNC[C@@H]6CCC(=O)N6)cc5cn4)c3Cl)c2Cl)ccc1CNC[C@H]1CCC(=O)N1. The van der Waals surface area contributed by atoms with Crippen LogP contribution in [0.5, 0.6) is 5.88 Å². The van der Waals surface area contributed by atoms with Gasteiger partial charge in [-0.05, 0) is 36.6 Å². The molecule has 7 rings (SSSR count). The first kappa shape index (κ1) is 33.9. The van der Waals surface area contributed by atoms with Crippen molar-refractivity contribution >= 4 is 45.9 Å².